The van der Waals surface area contributed by atoms with Crippen molar-refractivity contribution in [1.29, 1.82) is 0 Å². The number of hydrogen-bond acceptors (Lipinski definition) is 4. The van der Waals surface area contributed by atoms with E-state index in [0.29, 0.717) is 18.4 Å². The molecule has 2 rings (SSSR count). The van der Waals surface area contributed by atoms with Crippen molar-refractivity contribution in [2.24, 2.45) is 0 Å². The molecule has 0 spiro atoms. The van der Waals surface area contributed by atoms with Gasteiger partial charge in [0.25, 0.3) is 0 Å². The predicted octanol–water partition coefficient (Wildman–Crippen LogP) is 1.70. The van der Waals surface area contributed by atoms with E-state index in [2.05, 4.69) is 10.2 Å². The Bertz CT molecular complexity index is 271. The number of alkyl halides is 1. The second kappa shape index (κ2) is 4.07. The lowest BCUT2D eigenvalue weighted by atomic mass is 10.0. The lowest BCUT2D eigenvalue weighted by molar-refractivity contribution is 0.0722. The first-order chi connectivity index (χ1) is 6.40. The number of aromatic nitrogens is 2. The molecule has 1 unspecified atom stereocenters. The second-order valence-electron chi connectivity index (χ2n) is 3.08. The molecular formula is C8H11ClN2O2. The summed E-state index contributed by atoms with van der Waals surface area (Å²) in [5.41, 5.74) is 0. The van der Waals surface area contributed by atoms with Gasteiger partial charge in [-0.25, -0.2) is 0 Å². The van der Waals surface area contributed by atoms with Crippen LogP contribution in [-0.4, -0.2) is 23.4 Å². The van der Waals surface area contributed by atoms with Crippen molar-refractivity contribution in [3.63, 3.8) is 0 Å². The fourth-order valence-corrected chi connectivity index (χ4v) is 1.53. The Kier molecular flexibility index (Phi) is 2.80. The van der Waals surface area contributed by atoms with Gasteiger partial charge in [0.05, 0.1) is 12.5 Å². The van der Waals surface area contributed by atoms with Crippen LogP contribution in [0.3, 0.4) is 0 Å². The molecule has 1 saturated heterocycles. The largest absolute Gasteiger partial charge is 0.424 e. The molecule has 2 heterocycles. The van der Waals surface area contributed by atoms with Gasteiger partial charge >= 0.3 is 0 Å². The van der Waals surface area contributed by atoms with E-state index < -0.39 is 0 Å². The SMILES string of the molecule is ClCc1nnc(C2CCCOC2)o1. The summed E-state index contributed by atoms with van der Waals surface area (Å²) >= 11 is 5.55. The quantitative estimate of drug-likeness (QED) is 0.685. The van der Waals surface area contributed by atoms with Crippen molar-refractivity contribution in [3.8, 4) is 0 Å². The lowest BCUT2D eigenvalue weighted by Crippen LogP contribution is -2.15. The van der Waals surface area contributed by atoms with Crippen LogP contribution in [0, 0.1) is 0 Å². The van der Waals surface area contributed by atoms with Gasteiger partial charge in [-0.15, -0.1) is 21.8 Å². The van der Waals surface area contributed by atoms with E-state index in [1.165, 1.54) is 0 Å². The van der Waals surface area contributed by atoms with Gasteiger partial charge in [-0.3, -0.25) is 0 Å². The van der Waals surface area contributed by atoms with Crippen molar-refractivity contribution in [2.75, 3.05) is 13.2 Å². The van der Waals surface area contributed by atoms with Crippen LogP contribution in [-0.2, 0) is 10.6 Å². The maximum absolute atomic E-state index is 5.55. The highest BCUT2D eigenvalue weighted by Gasteiger charge is 2.21. The standard InChI is InChI=1S/C8H11ClN2O2/c9-4-7-10-11-8(13-7)6-2-1-3-12-5-6/h6H,1-5H2. The van der Waals surface area contributed by atoms with Crippen molar-refractivity contribution in [1.82, 2.24) is 10.2 Å². The molecule has 0 N–H and O–H groups in total. The summed E-state index contributed by atoms with van der Waals surface area (Å²) in [6.45, 7) is 1.52. The highest BCUT2D eigenvalue weighted by molar-refractivity contribution is 6.16. The number of ether oxygens (including phenoxy) is 1. The minimum absolute atomic E-state index is 0.262. The van der Waals surface area contributed by atoms with Gasteiger partial charge in [-0.2, -0.15) is 0 Å². The van der Waals surface area contributed by atoms with Crippen LogP contribution in [0.15, 0.2) is 4.42 Å². The number of nitrogens with zero attached hydrogens (tertiary/aromatic N) is 2. The first-order valence-electron chi connectivity index (χ1n) is 4.36. The van der Waals surface area contributed by atoms with Gasteiger partial charge in [0.2, 0.25) is 11.8 Å². The van der Waals surface area contributed by atoms with Crippen LogP contribution in [0.2, 0.25) is 0 Å². The maximum atomic E-state index is 5.55. The summed E-state index contributed by atoms with van der Waals surface area (Å²) in [5.74, 6) is 1.69. The summed E-state index contributed by atoms with van der Waals surface area (Å²) in [4.78, 5) is 0. The van der Waals surface area contributed by atoms with Gasteiger partial charge in [-0.1, -0.05) is 0 Å². The van der Waals surface area contributed by atoms with E-state index in [4.69, 9.17) is 20.8 Å². The van der Waals surface area contributed by atoms with E-state index in [1.54, 1.807) is 0 Å². The Morgan fingerprint density at radius 2 is 2.38 bits per heavy atom. The summed E-state index contributed by atoms with van der Waals surface area (Å²) in [5, 5.41) is 7.74. The van der Waals surface area contributed by atoms with Crippen LogP contribution in [0.1, 0.15) is 30.5 Å². The molecule has 1 atom stereocenters. The van der Waals surface area contributed by atoms with Gasteiger partial charge in [0, 0.05) is 6.61 Å². The molecule has 1 aliphatic heterocycles. The van der Waals surface area contributed by atoms with E-state index in [-0.39, 0.29) is 11.8 Å². The summed E-state index contributed by atoms with van der Waals surface area (Å²) in [6.07, 6.45) is 2.12. The first kappa shape index (κ1) is 8.97. The van der Waals surface area contributed by atoms with Gasteiger partial charge in [0.15, 0.2) is 0 Å². The molecule has 1 fully saturated rings. The molecule has 0 bridgehead atoms. The van der Waals surface area contributed by atoms with Gasteiger partial charge in [0.1, 0.15) is 5.88 Å². The Labute approximate surface area is 81.2 Å². The summed E-state index contributed by atoms with van der Waals surface area (Å²) in [7, 11) is 0. The molecule has 1 aromatic heterocycles. The van der Waals surface area contributed by atoms with Gasteiger partial charge in [-0.05, 0) is 12.8 Å². The monoisotopic (exact) mass is 202 g/mol. The number of halogens is 1. The van der Waals surface area contributed by atoms with E-state index >= 15 is 0 Å². The van der Waals surface area contributed by atoms with E-state index in [1.807, 2.05) is 0 Å². The van der Waals surface area contributed by atoms with Crippen molar-refractivity contribution in [3.05, 3.63) is 11.8 Å². The molecule has 0 amide bonds. The zero-order valence-electron chi connectivity index (χ0n) is 7.20. The smallest absolute Gasteiger partial charge is 0.231 e. The first-order valence-corrected chi connectivity index (χ1v) is 4.89. The lowest BCUT2D eigenvalue weighted by Gasteiger charge is -2.18. The minimum atomic E-state index is 0.262. The zero-order valence-corrected chi connectivity index (χ0v) is 7.96. The molecule has 13 heavy (non-hydrogen) atoms. The van der Waals surface area contributed by atoms with Crippen LogP contribution in [0.5, 0.6) is 0 Å². The molecule has 1 aromatic rings. The van der Waals surface area contributed by atoms with Crippen LogP contribution < -0.4 is 0 Å². The summed E-state index contributed by atoms with van der Waals surface area (Å²) in [6, 6.07) is 0. The van der Waals surface area contributed by atoms with Crippen LogP contribution >= 0.6 is 11.6 Å². The molecule has 0 saturated carbocycles. The highest BCUT2D eigenvalue weighted by atomic mass is 35.5. The third kappa shape index (κ3) is 2.00. The van der Waals surface area contributed by atoms with Crippen LogP contribution in [0.4, 0.5) is 0 Å². The Hall–Kier alpha value is -0.610. The molecule has 5 heteroatoms. The van der Waals surface area contributed by atoms with Crippen molar-refractivity contribution >= 4 is 11.6 Å². The molecule has 0 aliphatic carbocycles. The fraction of sp³-hybridized carbons (Fsp3) is 0.750. The molecule has 4 nitrogen and oxygen atoms in total. The average Bonchev–Trinajstić information content (AvgIpc) is 2.67. The van der Waals surface area contributed by atoms with Gasteiger partial charge < -0.3 is 9.15 Å². The van der Waals surface area contributed by atoms with Crippen LogP contribution in [0.25, 0.3) is 0 Å². The summed E-state index contributed by atoms with van der Waals surface area (Å²) < 4.78 is 10.7. The highest BCUT2D eigenvalue weighted by Crippen LogP contribution is 2.24. The normalized spacial score (nSPS) is 23.3. The Morgan fingerprint density at radius 1 is 1.46 bits per heavy atom. The van der Waals surface area contributed by atoms with Crippen molar-refractivity contribution < 1.29 is 9.15 Å². The number of rotatable bonds is 2. The third-order valence-electron chi connectivity index (χ3n) is 2.11. The molecule has 0 aromatic carbocycles. The van der Waals surface area contributed by atoms with E-state index in [0.717, 1.165) is 19.4 Å². The zero-order chi connectivity index (χ0) is 9.10. The molecule has 0 radical (unpaired) electrons. The topological polar surface area (TPSA) is 48.2 Å². The molecule has 1 aliphatic rings. The fourth-order valence-electron chi connectivity index (χ4n) is 1.42. The third-order valence-corrected chi connectivity index (χ3v) is 2.33. The predicted molar refractivity (Wildman–Crippen MR) is 46.6 cm³/mol. The second-order valence-corrected chi connectivity index (χ2v) is 3.35. The average molecular weight is 203 g/mol. The minimum Gasteiger partial charge on any atom is -0.424 e. The van der Waals surface area contributed by atoms with Crippen molar-refractivity contribution in [2.45, 2.75) is 24.6 Å². The Balaban J connectivity index is 2.05. The maximum Gasteiger partial charge on any atom is 0.231 e. The molecular weight excluding hydrogens is 192 g/mol. The number of hydrogen-bond donors (Lipinski definition) is 0. The molecule has 72 valence electrons. The Morgan fingerprint density at radius 3 is 3.00 bits per heavy atom. The van der Waals surface area contributed by atoms with E-state index in [9.17, 15) is 0 Å².